The van der Waals surface area contributed by atoms with Gasteiger partial charge in [0.05, 0.1) is 12.2 Å². The lowest BCUT2D eigenvalue weighted by Crippen LogP contribution is -2.33. The third kappa shape index (κ3) is 5.27. The number of nitrogen functional groups attached to an aromatic ring is 1. The van der Waals surface area contributed by atoms with Crippen molar-refractivity contribution in [2.45, 2.75) is 11.3 Å². The summed E-state index contributed by atoms with van der Waals surface area (Å²) < 4.78 is 0. The number of imide groups is 1. The Hall–Kier alpha value is -2.34. The summed E-state index contributed by atoms with van der Waals surface area (Å²) in [5.74, 6) is -0.0339. The van der Waals surface area contributed by atoms with Crippen LogP contribution in [0.2, 0.25) is 0 Å². The zero-order chi connectivity index (χ0) is 15.1. The molecule has 21 heavy (non-hydrogen) atoms. The van der Waals surface area contributed by atoms with Crippen LogP contribution in [0, 0.1) is 0 Å². The number of aromatic nitrogens is 1. The summed E-state index contributed by atoms with van der Waals surface area (Å²) in [5.41, 5.74) is 6.35. The first-order valence-electron chi connectivity index (χ1n) is 6.34. The molecule has 0 bridgehead atoms. The van der Waals surface area contributed by atoms with E-state index in [0.29, 0.717) is 5.82 Å². The molecular formula is C15H15N3O2S. The molecular weight excluding hydrogens is 286 g/mol. The molecule has 6 heteroatoms. The molecule has 1 heterocycles. The van der Waals surface area contributed by atoms with Crippen LogP contribution in [0.3, 0.4) is 0 Å². The summed E-state index contributed by atoms with van der Waals surface area (Å²) in [4.78, 5) is 28.2. The number of nitrogens with one attached hydrogen (secondary N) is 1. The van der Waals surface area contributed by atoms with Gasteiger partial charge in [0.1, 0.15) is 5.82 Å². The molecule has 0 unspecified atom stereocenters. The molecule has 0 saturated carbocycles. The molecule has 0 aliphatic heterocycles. The van der Waals surface area contributed by atoms with Crippen molar-refractivity contribution < 1.29 is 9.59 Å². The van der Waals surface area contributed by atoms with Crippen molar-refractivity contribution in [3.8, 4) is 0 Å². The van der Waals surface area contributed by atoms with Crippen LogP contribution in [-0.2, 0) is 16.0 Å². The van der Waals surface area contributed by atoms with Crippen molar-refractivity contribution in [2.24, 2.45) is 0 Å². The van der Waals surface area contributed by atoms with Gasteiger partial charge in [0.25, 0.3) is 0 Å². The third-order valence-corrected chi connectivity index (χ3v) is 3.60. The molecule has 5 nitrogen and oxygen atoms in total. The van der Waals surface area contributed by atoms with Crippen molar-refractivity contribution in [1.29, 1.82) is 0 Å². The smallest absolute Gasteiger partial charge is 0.236 e. The van der Waals surface area contributed by atoms with E-state index in [-0.39, 0.29) is 24.0 Å². The molecule has 0 spiro atoms. The quantitative estimate of drug-likeness (QED) is 0.820. The molecule has 0 saturated heterocycles. The maximum absolute atomic E-state index is 11.7. The highest BCUT2D eigenvalue weighted by Gasteiger charge is 2.09. The number of carbonyl (C=O) groups is 2. The van der Waals surface area contributed by atoms with Crippen LogP contribution in [0.15, 0.2) is 53.6 Å². The van der Waals surface area contributed by atoms with Crippen molar-refractivity contribution in [3.63, 3.8) is 0 Å². The second kappa shape index (κ2) is 7.44. The number of hydrogen-bond donors (Lipinski definition) is 2. The predicted molar refractivity (Wildman–Crippen MR) is 82.7 cm³/mol. The first-order valence-corrected chi connectivity index (χ1v) is 7.33. The van der Waals surface area contributed by atoms with Gasteiger partial charge < -0.3 is 5.73 Å². The number of carbonyl (C=O) groups excluding carboxylic acids is 2. The predicted octanol–water partition coefficient (Wildman–Crippen LogP) is 1.64. The third-order valence-electron chi connectivity index (χ3n) is 2.62. The van der Waals surface area contributed by atoms with Gasteiger partial charge in [-0.25, -0.2) is 4.98 Å². The summed E-state index contributed by atoms with van der Waals surface area (Å²) in [7, 11) is 0. The van der Waals surface area contributed by atoms with E-state index in [4.69, 9.17) is 5.73 Å². The Balaban J connectivity index is 1.76. The number of nitrogens with two attached hydrogens (primary N) is 1. The lowest BCUT2D eigenvalue weighted by atomic mass is 10.1. The largest absolute Gasteiger partial charge is 0.384 e. The fraction of sp³-hybridized carbons (Fsp3) is 0.133. The van der Waals surface area contributed by atoms with Gasteiger partial charge in [0.15, 0.2) is 0 Å². The molecule has 0 fully saturated rings. The minimum atomic E-state index is -0.322. The van der Waals surface area contributed by atoms with Crippen molar-refractivity contribution in [3.05, 3.63) is 54.2 Å². The zero-order valence-corrected chi connectivity index (χ0v) is 12.1. The zero-order valence-electron chi connectivity index (χ0n) is 11.3. The lowest BCUT2D eigenvalue weighted by Gasteiger charge is -2.04. The van der Waals surface area contributed by atoms with E-state index in [1.165, 1.54) is 11.8 Å². The van der Waals surface area contributed by atoms with Gasteiger partial charge >= 0.3 is 0 Å². The van der Waals surface area contributed by atoms with Crippen LogP contribution in [0.1, 0.15) is 5.56 Å². The lowest BCUT2D eigenvalue weighted by molar-refractivity contribution is -0.128. The van der Waals surface area contributed by atoms with Crippen LogP contribution >= 0.6 is 11.8 Å². The fourth-order valence-electron chi connectivity index (χ4n) is 1.64. The summed E-state index contributed by atoms with van der Waals surface area (Å²) in [5, 5.41) is 2.37. The second-order valence-corrected chi connectivity index (χ2v) is 5.39. The van der Waals surface area contributed by atoms with Gasteiger partial charge in [-0.1, -0.05) is 30.3 Å². The molecule has 0 aliphatic carbocycles. The molecule has 0 atom stereocenters. The minimum absolute atomic E-state index is 0.159. The maximum Gasteiger partial charge on any atom is 0.236 e. The summed E-state index contributed by atoms with van der Waals surface area (Å²) in [6.07, 6.45) is 1.79. The molecule has 3 N–H and O–H groups in total. The van der Waals surface area contributed by atoms with Gasteiger partial charge in [-0.05, 0) is 17.7 Å². The first kappa shape index (κ1) is 15.1. The number of rotatable bonds is 5. The Morgan fingerprint density at radius 3 is 2.52 bits per heavy atom. The number of anilines is 1. The molecule has 2 amide bonds. The van der Waals surface area contributed by atoms with E-state index < -0.39 is 0 Å². The topological polar surface area (TPSA) is 85.1 Å². The van der Waals surface area contributed by atoms with Gasteiger partial charge in [-0.15, -0.1) is 11.8 Å². The van der Waals surface area contributed by atoms with E-state index in [0.717, 1.165) is 10.5 Å². The average Bonchev–Trinajstić information content (AvgIpc) is 2.47. The normalized spacial score (nSPS) is 10.1. The average molecular weight is 301 g/mol. The summed E-state index contributed by atoms with van der Waals surface area (Å²) in [6, 6.07) is 12.7. The number of pyridine rings is 1. The molecule has 0 radical (unpaired) electrons. The Labute approximate surface area is 127 Å². The van der Waals surface area contributed by atoms with Crippen molar-refractivity contribution in [2.75, 3.05) is 11.5 Å². The number of hydrogen-bond acceptors (Lipinski definition) is 5. The van der Waals surface area contributed by atoms with Crippen LogP contribution in [0.5, 0.6) is 0 Å². The Bertz CT molecular complexity index is 615. The molecule has 2 rings (SSSR count). The number of nitrogens with zero attached hydrogens (tertiary/aromatic N) is 1. The summed E-state index contributed by atoms with van der Waals surface area (Å²) in [6.45, 7) is 0. The van der Waals surface area contributed by atoms with Crippen molar-refractivity contribution >= 4 is 29.4 Å². The Kier molecular flexibility index (Phi) is 5.34. The molecule has 2 aromatic rings. The highest BCUT2D eigenvalue weighted by molar-refractivity contribution is 8.00. The second-order valence-electron chi connectivity index (χ2n) is 4.34. The highest BCUT2D eigenvalue weighted by Crippen LogP contribution is 2.16. The monoisotopic (exact) mass is 301 g/mol. The Morgan fingerprint density at radius 2 is 1.86 bits per heavy atom. The molecule has 1 aromatic heterocycles. The maximum atomic E-state index is 11.7. The number of thioether (sulfide) groups is 1. The van der Waals surface area contributed by atoms with E-state index in [1.807, 2.05) is 30.3 Å². The van der Waals surface area contributed by atoms with Gasteiger partial charge in [-0.2, -0.15) is 0 Å². The molecule has 0 aliphatic rings. The summed E-state index contributed by atoms with van der Waals surface area (Å²) >= 11 is 1.30. The van der Waals surface area contributed by atoms with Crippen LogP contribution < -0.4 is 11.1 Å². The fourth-order valence-corrected chi connectivity index (χ4v) is 2.30. The molecule has 1 aromatic carbocycles. The first-order chi connectivity index (χ1) is 10.1. The highest BCUT2D eigenvalue weighted by atomic mass is 32.2. The van der Waals surface area contributed by atoms with Gasteiger partial charge in [-0.3, -0.25) is 14.9 Å². The van der Waals surface area contributed by atoms with E-state index in [9.17, 15) is 9.59 Å². The van der Waals surface area contributed by atoms with E-state index >= 15 is 0 Å². The minimum Gasteiger partial charge on any atom is -0.384 e. The van der Waals surface area contributed by atoms with Crippen molar-refractivity contribution in [1.82, 2.24) is 10.3 Å². The van der Waals surface area contributed by atoms with Gasteiger partial charge in [0.2, 0.25) is 11.8 Å². The van der Waals surface area contributed by atoms with Crippen LogP contribution in [0.25, 0.3) is 0 Å². The van der Waals surface area contributed by atoms with Crippen LogP contribution in [0.4, 0.5) is 5.82 Å². The standard InChI is InChI=1S/C15H15N3O2S/c16-13-7-6-12(9-17-13)21-10-15(20)18-14(19)8-11-4-2-1-3-5-11/h1-7,9H,8,10H2,(H2,16,17)(H,18,19,20). The van der Waals surface area contributed by atoms with E-state index in [1.54, 1.807) is 18.3 Å². The van der Waals surface area contributed by atoms with Crippen LogP contribution in [-0.4, -0.2) is 22.6 Å². The number of amides is 2. The SMILES string of the molecule is Nc1ccc(SCC(=O)NC(=O)Cc2ccccc2)cn1. The van der Waals surface area contributed by atoms with Gasteiger partial charge in [0, 0.05) is 11.1 Å². The number of benzene rings is 1. The van der Waals surface area contributed by atoms with E-state index in [2.05, 4.69) is 10.3 Å². The Morgan fingerprint density at radius 1 is 1.10 bits per heavy atom. The molecule has 108 valence electrons.